The van der Waals surface area contributed by atoms with Crippen molar-refractivity contribution in [2.24, 2.45) is 11.8 Å². The van der Waals surface area contributed by atoms with E-state index in [2.05, 4.69) is 6.58 Å². The van der Waals surface area contributed by atoms with Crippen LogP contribution in [-0.2, 0) is 28.6 Å². The van der Waals surface area contributed by atoms with E-state index in [1.807, 2.05) is 0 Å². The third kappa shape index (κ3) is 2.03. The van der Waals surface area contributed by atoms with Crippen LogP contribution in [0.25, 0.3) is 0 Å². The molecule has 0 amide bonds. The van der Waals surface area contributed by atoms with Gasteiger partial charge in [0.1, 0.15) is 12.2 Å². The maximum Gasteiger partial charge on any atom is 0.344 e. The monoisotopic (exact) mass is 296 g/mol. The third-order valence-corrected chi connectivity index (χ3v) is 4.46. The van der Waals surface area contributed by atoms with E-state index in [1.54, 1.807) is 0 Å². The number of rotatable bonds is 4. The molecule has 1 saturated heterocycles. The predicted molar refractivity (Wildman–Crippen MR) is 66.7 cm³/mol. The summed E-state index contributed by atoms with van der Waals surface area (Å²) in [7, 11) is 0. The van der Waals surface area contributed by atoms with Crippen molar-refractivity contribution in [1.82, 2.24) is 0 Å². The molecule has 0 spiro atoms. The van der Waals surface area contributed by atoms with E-state index in [0.29, 0.717) is 6.42 Å². The lowest BCUT2D eigenvalue weighted by atomic mass is 9.84. The van der Waals surface area contributed by atoms with Crippen LogP contribution in [0, 0.1) is 11.8 Å². The molecule has 21 heavy (non-hydrogen) atoms. The van der Waals surface area contributed by atoms with E-state index in [-0.39, 0.29) is 23.8 Å². The fraction of sp³-hybridized carbons (Fsp3) is 0.643. The number of carbonyl (C=O) groups is 3. The second kappa shape index (κ2) is 4.56. The fourth-order valence-corrected chi connectivity index (χ4v) is 3.52. The van der Waals surface area contributed by atoms with Crippen LogP contribution in [-0.4, -0.2) is 47.4 Å². The normalized spacial score (nSPS) is 39.0. The van der Waals surface area contributed by atoms with Gasteiger partial charge in [-0.15, -0.1) is 0 Å². The van der Waals surface area contributed by atoms with Gasteiger partial charge in [-0.05, 0) is 19.8 Å². The highest BCUT2D eigenvalue weighted by Crippen LogP contribution is 2.57. The van der Waals surface area contributed by atoms with Crippen molar-refractivity contribution in [1.29, 1.82) is 0 Å². The molecule has 7 heteroatoms. The highest BCUT2D eigenvalue weighted by Gasteiger charge is 2.71. The van der Waals surface area contributed by atoms with Gasteiger partial charge in [0.2, 0.25) is 0 Å². The molecule has 1 aliphatic heterocycles. The summed E-state index contributed by atoms with van der Waals surface area (Å²) in [4.78, 5) is 34.5. The number of carbonyl (C=O) groups excluding carboxylic acids is 3. The minimum absolute atomic E-state index is 0.0998. The summed E-state index contributed by atoms with van der Waals surface area (Å²) in [6.07, 6.45) is -0.327. The first-order valence-electron chi connectivity index (χ1n) is 6.78. The lowest BCUT2D eigenvalue weighted by Crippen LogP contribution is -2.44. The molecule has 3 rings (SSSR count). The Balaban J connectivity index is 1.58. The number of esters is 3. The number of ether oxygens (including phenoxy) is 3. The molecule has 0 radical (unpaired) electrons. The summed E-state index contributed by atoms with van der Waals surface area (Å²) in [5, 5.41) is 10.2. The molecule has 0 aromatic rings. The van der Waals surface area contributed by atoms with Crippen LogP contribution in [0.15, 0.2) is 12.2 Å². The average Bonchev–Trinajstić information content (AvgIpc) is 2.97. The molecule has 3 fully saturated rings. The molecular formula is C14H16O7. The van der Waals surface area contributed by atoms with Gasteiger partial charge in [0.15, 0.2) is 12.2 Å². The maximum absolute atomic E-state index is 11.7. The van der Waals surface area contributed by atoms with E-state index in [9.17, 15) is 19.5 Å². The number of hydrogen-bond acceptors (Lipinski definition) is 7. The van der Waals surface area contributed by atoms with Crippen molar-refractivity contribution in [3.8, 4) is 0 Å². The molecule has 3 aliphatic rings. The summed E-state index contributed by atoms with van der Waals surface area (Å²) in [5.74, 6) is -2.41. The standard InChI is InChI=1S/C14H16O7/c1-6(2)12(16)19-5-9(15)20-10-7-3-8-11(10)21-13(17)14(8,18)4-7/h7-8,10-11,18H,1,3-5H2,2H3. The Morgan fingerprint density at radius 1 is 1.52 bits per heavy atom. The predicted octanol–water partition coefficient (Wildman–Crippen LogP) is -0.286. The van der Waals surface area contributed by atoms with E-state index in [4.69, 9.17) is 14.2 Å². The SMILES string of the molecule is C=C(C)C(=O)OCC(=O)OC1C2CC3C1OC(=O)C3(O)C2. The molecule has 2 saturated carbocycles. The van der Waals surface area contributed by atoms with Crippen LogP contribution in [0.4, 0.5) is 0 Å². The topological polar surface area (TPSA) is 99.1 Å². The van der Waals surface area contributed by atoms with Crippen LogP contribution >= 0.6 is 0 Å². The van der Waals surface area contributed by atoms with Crippen LogP contribution in [0.1, 0.15) is 19.8 Å². The molecule has 0 aromatic carbocycles. The lowest BCUT2D eigenvalue weighted by molar-refractivity contribution is -0.168. The molecule has 1 heterocycles. The summed E-state index contributed by atoms with van der Waals surface area (Å²) >= 11 is 0. The summed E-state index contributed by atoms with van der Waals surface area (Å²) < 4.78 is 15.1. The Morgan fingerprint density at radius 3 is 2.90 bits per heavy atom. The van der Waals surface area contributed by atoms with Crippen molar-refractivity contribution in [3.63, 3.8) is 0 Å². The second-order valence-electron chi connectivity index (χ2n) is 5.91. The fourth-order valence-electron chi connectivity index (χ4n) is 3.52. The lowest BCUT2D eigenvalue weighted by Gasteiger charge is -2.28. The van der Waals surface area contributed by atoms with Gasteiger partial charge in [-0.1, -0.05) is 6.58 Å². The van der Waals surface area contributed by atoms with E-state index in [0.717, 1.165) is 0 Å². The van der Waals surface area contributed by atoms with Crippen LogP contribution < -0.4 is 0 Å². The highest BCUT2D eigenvalue weighted by molar-refractivity contribution is 5.88. The van der Waals surface area contributed by atoms with Crippen molar-refractivity contribution < 1.29 is 33.7 Å². The van der Waals surface area contributed by atoms with E-state index >= 15 is 0 Å². The molecule has 5 atom stereocenters. The summed E-state index contributed by atoms with van der Waals surface area (Å²) in [6.45, 7) is 4.37. The molecule has 2 aliphatic carbocycles. The first-order chi connectivity index (χ1) is 9.83. The molecule has 0 aromatic heterocycles. The first kappa shape index (κ1) is 14.1. The van der Waals surface area contributed by atoms with E-state index in [1.165, 1.54) is 6.92 Å². The Morgan fingerprint density at radius 2 is 2.24 bits per heavy atom. The smallest absolute Gasteiger partial charge is 0.344 e. The van der Waals surface area contributed by atoms with E-state index < -0.39 is 42.3 Å². The van der Waals surface area contributed by atoms with Gasteiger partial charge in [-0.3, -0.25) is 0 Å². The Kier molecular flexibility index (Phi) is 3.05. The minimum atomic E-state index is -1.41. The Bertz CT molecular complexity index is 539. The van der Waals surface area contributed by atoms with Crippen LogP contribution in [0.3, 0.4) is 0 Å². The number of hydrogen-bond donors (Lipinski definition) is 1. The number of aliphatic hydroxyl groups is 1. The Hall–Kier alpha value is -1.89. The Labute approximate surface area is 120 Å². The highest BCUT2D eigenvalue weighted by atomic mass is 16.6. The van der Waals surface area contributed by atoms with Crippen molar-refractivity contribution in [2.75, 3.05) is 6.61 Å². The zero-order chi connectivity index (χ0) is 15.4. The maximum atomic E-state index is 11.7. The molecule has 114 valence electrons. The largest absolute Gasteiger partial charge is 0.456 e. The molecule has 2 bridgehead atoms. The minimum Gasteiger partial charge on any atom is -0.456 e. The second-order valence-corrected chi connectivity index (χ2v) is 5.91. The molecule has 5 unspecified atom stereocenters. The van der Waals surface area contributed by atoms with Crippen molar-refractivity contribution >= 4 is 17.9 Å². The van der Waals surface area contributed by atoms with Crippen LogP contribution in [0.5, 0.6) is 0 Å². The van der Waals surface area contributed by atoms with Crippen molar-refractivity contribution in [3.05, 3.63) is 12.2 Å². The molecule has 7 nitrogen and oxygen atoms in total. The zero-order valence-electron chi connectivity index (χ0n) is 11.5. The summed E-state index contributed by atoms with van der Waals surface area (Å²) in [5.41, 5.74) is -1.22. The summed E-state index contributed by atoms with van der Waals surface area (Å²) in [6, 6.07) is 0. The zero-order valence-corrected chi connectivity index (χ0v) is 11.5. The van der Waals surface area contributed by atoms with Gasteiger partial charge in [-0.2, -0.15) is 0 Å². The van der Waals surface area contributed by atoms with Gasteiger partial charge in [0, 0.05) is 17.4 Å². The van der Waals surface area contributed by atoms with Crippen LogP contribution in [0.2, 0.25) is 0 Å². The molecule has 1 N–H and O–H groups in total. The quantitative estimate of drug-likeness (QED) is 0.432. The molecular weight excluding hydrogens is 280 g/mol. The van der Waals surface area contributed by atoms with Gasteiger partial charge in [-0.25, -0.2) is 14.4 Å². The van der Waals surface area contributed by atoms with Gasteiger partial charge in [0.25, 0.3) is 0 Å². The van der Waals surface area contributed by atoms with Crippen molar-refractivity contribution in [2.45, 2.75) is 37.6 Å². The first-order valence-corrected chi connectivity index (χ1v) is 6.78. The number of fused-ring (bicyclic) bond motifs is 1. The average molecular weight is 296 g/mol. The van der Waals surface area contributed by atoms with Gasteiger partial charge < -0.3 is 19.3 Å². The third-order valence-electron chi connectivity index (χ3n) is 4.46. The van der Waals surface area contributed by atoms with Gasteiger partial charge in [0.05, 0.1) is 0 Å². The van der Waals surface area contributed by atoms with Gasteiger partial charge >= 0.3 is 17.9 Å².